The fraction of sp³-hybridized carbons (Fsp3) is 0.700. The summed E-state index contributed by atoms with van der Waals surface area (Å²) in [5.74, 6) is 2.03. The average molecular weight is 180 g/mol. The van der Waals surface area contributed by atoms with E-state index in [4.69, 9.17) is 5.73 Å². The van der Waals surface area contributed by atoms with Crippen LogP contribution in [0.5, 0.6) is 0 Å². The summed E-state index contributed by atoms with van der Waals surface area (Å²) in [5, 5.41) is 2.77. The topological polar surface area (TPSA) is 55.1 Å². The summed E-state index contributed by atoms with van der Waals surface area (Å²) in [6, 6.07) is -0.184. The van der Waals surface area contributed by atoms with Gasteiger partial charge in [-0.05, 0) is 37.5 Å². The molecule has 0 aromatic carbocycles. The first-order chi connectivity index (χ1) is 6.16. The standard InChI is InChI=1S/C10H16N2O/c1-6(12-10(11)13)9-5-7-2-3-8(9)4-7/h2-3,6-9H,4-5H2,1H3,(H3,11,12,13). The molecule has 13 heavy (non-hydrogen) atoms. The first-order valence-electron chi connectivity index (χ1n) is 4.91. The van der Waals surface area contributed by atoms with Gasteiger partial charge in [0.2, 0.25) is 0 Å². The van der Waals surface area contributed by atoms with Gasteiger partial charge in [0.15, 0.2) is 0 Å². The molecule has 0 aliphatic heterocycles. The zero-order valence-electron chi connectivity index (χ0n) is 7.86. The van der Waals surface area contributed by atoms with E-state index in [0.29, 0.717) is 11.8 Å². The second-order valence-electron chi connectivity index (χ2n) is 4.24. The van der Waals surface area contributed by atoms with Gasteiger partial charge in [0.05, 0.1) is 0 Å². The van der Waals surface area contributed by atoms with Crippen molar-refractivity contribution in [1.29, 1.82) is 0 Å². The van der Waals surface area contributed by atoms with E-state index in [1.54, 1.807) is 0 Å². The molecule has 72 valence electrons. The lowest BCUT2D eigenvalue weighted by atomic mass is 9.88. The molecule has 3 heteroatoms. The van der Waals surface area contributed by atoms with Crippen LogP contribution in [0.4, 0.5) is 4.79 Å². The SMILES string of the molecule is CC(NC(N)=O)C1CC2C=CC1C2. The molecule has 4 unspecified atom stereocenters. The highest BCUT2D eigenvalue weighted by atomic mass is 16.2. The normalized spacial score (nSPS) is 37.8. The molecule has 2 rings (SSSR count). The minimum Gasteiger partial charge on any atom is -0.352 e. The summed E-state index contributed by atoms with van der Waals surface area (Å²) < 4.78 is 0. The van der Waals surface area contributed by atoms with Crippen molar-refractivity contribution in [2.24, 2.45) is 23.5 Å². The van der Waals surface area contributed by atoms with Gasteiger partial charge in [-0.3, -0.25) is 0 Å². The van der Waals surface area contributed by atoms with Crippen LogP contribution in [-0.4, -0.2) is 12.1 Å². The Morgan fingerprint density at radius 1 is 1.54 bits per heavy atom. The maximum Gasteiger partial charge on any atom is 0.312 e. The molecule has 0 saturated heterocycles. The van der Waals surface area contributed by atoms with Gasteiger partial charge in [0.25, 0.3) is 0 Å². The van der Waals surface area contributed by atoms with E-state index in [2.05, 4.69) is 17.5 Å². The maximum absolute atomic E-state index is 10.7. The summed E-state index contributed by atoms with van der Waals surface area (Å²) >= 11 is 0. The molecule has 2 aliphatic carbocycles. The largest absolute Gasteiger partial charge is 0.352 e. The second kappa shape index (κ2) is 3.05. The van der Waals surface area contributed by atoms with Crippen LogP contribution in [0.1, 0.15) is 19.8 Å². The van der Waals surface area contributed by atoms with E-state index in [1.807, 2.05) is 6.92 Å². The van der Waals surface area contributed by atoms with Gasteiger partial charge in [0, 0.05) is 6.04 Å². The number of amides is 2. The van der Waals surface area contributed by atoms with Gasteiger partial charge in [-0.2, -0.15) is 0 Å². The second-order valence-corrected chi connectivity index (χ2v) is 4.24. The molecule has 2 amide bonds. The molecule has 0 radical (unpaired) electrons. The third kappa shape index (κ3) is 1.55. The number of nitrogens with one attached hydrogen (secondary N) is 1. The summed E-state index contributed by atoms with van der Waals surface area (Å²) in [4.78, 5) is 10.7. The number of fused-ring (bicyclic) bond motifs is 2. The Morgan fingerprint density at radius 2 is 2.31 bits per heavy atom. The van der Waals surface area contributed by atoms with Crippen molar-refractivity contribution in [3.63, 3.8) is 0 Å². The molecule has 3 nitrogen and oxygen atoms in total. The van der Waals surface area contributed by atoms with Crippen LogP contribution >= 0.6 is 0 Å². The molecule has 0 heterocycles. The molecule has 0 aromatic heterocycles. The number of carbonyl (C=O) groups is 1. The van der Waals surface area contributed by atoms with Crippen LogP contribution in [0.3, 0.4) is 0 Å². The van der Waals surface area contributed by atoms with Crippen LogP contribution < -0.4 is 11.1 Å². The van der Waals surface area contributed by atoms with E-state index in [0.717, 1.165) is 5.92 Å². The summed E-state index contributed by atoms with van der Waals surface area (Å²) in [7, 11) is 0. The molecular weight excluding hydrogens is 164 g/mol. The van der Waals surface area contributed by atoms with E-state index < -0.39 is 6.03 Å². The number of urea groups is 1. The van der Waals surface area contributed by atoms with Crippen molar-refractivity contribution in [2.45, 2.75) is 25.8 Å². The zero-order chi connectivity index (χ0) is 9.42. The Hall–Kier alpha value is -0.990. The molecular formula is C10H16N2O. The number of carbonyl (C=O) groups excluding carboxylic acids is 1. The van der Waals surface area contributed by atoms with Crippen LogP contribution in [0.2, 0.25) is 0 Å². The number of allylic oxidation sites excluding steroid dienone is 2. The number of hydrogen-bond acceptors (Lipinski definition) is 1. The smallest absolute Gasteiger partial charge is 0.312 e. The molecule has 3 N–H and O–H groups in total. The van der Waals surface area contributed by atoms with E-state index in [-0.39, 0.29) is 6.04 Å². The molecule has 0 spiro atoms. The lowest BCUT2D eigenvalue weighted by Gasteiger charge is -2.25. The molecule has 4 atom stereocenters. The predicted molar refractivity (Wildman–Crippen MR) is 51.0 cm³/mol. The van der Waals surface area contributed by atoms with Crippen molar-refractivity contribution in [3.05, 3.63) is 12.2 Å². The minimum atomic E-state index is -0.403. The number of hydrogen-bond donors (Lipinski definition) is 2. The molecule has 2 bridgehead atoms. The highest BCUT2D eigenvalue weighted by molar-refractivity contribution is 5.71. The van der Waals surface area contributed by atoms with Gasteiger partial charge in [-0.25, -0.2) is 4.79 Å². The maximum atomic E-state index is 10.7. The van der Waals surface area contributed by atoms with Crippen LogP contribution in [0.15, 0.2) is 12.2 Å². The summed E-state index contributed by atoms with van der Waals surface area (Å²) in [6.07, 6.45) is 7.08. The Kier molecular flexibility index (Phi) is 2.02. The van der Waals surface area contributed by atoms with Gasteiger partial charge in [-0.15, -0.1) is 0 Å². The van der Waals surface area contributed by atoms with Crippen LogP contribution in [0.25, 0.3) is 0 Å². The Balaban J connectivity index is 1.95. The fourth-order valence-corrected chi connectivity index (χ4v) is 2.73. The molecule has 2 aliphatic rings. The van der Waals surface area contributed by atoms with Crippen molar-refractivity contribution in [3.8, 4) is 0 Å². The first-order valence-corrected chi connectivity index (χ1v) is 4.91. The van der Waals surface area contributed by atoms with E-state index in [1.165, 1.54) is 12.8 Å². The van der Waals surface area contributed by atoms with Crippen molar-refractivity contribution < 1.29 is 4.79 Å². The van der Waals surface area contributed by atoms with Crippen molar-refractivity contribution in [1.82, 2.24) is 5.32 Å². The average Bonchev–Trinajstić information content (AvgIpc) is 2.62. The first kappa shape index (κ1) is 8.60. The molecule has 1 saturated carbocycles. The summed E-state index contributed by atoms with van der Waals surface area (Å²) in [6.45, 7) is 2.05. The van der Waals surface area contributed by atoms with Gasteiger partial charge in [0.1, 0.15) is 0 Å². The zero-order valence-corrected chi connectivity index (χ0v) is 7.86. The van der Waals surface area contributed by atoms with Crippen molar-refractivity contribution in [2.75, 3.05) is 0 Å². The van der Waals surface area contributed by atoms with Crippen LogP contribution in [-0.2, 0) is 0 Å². The quantitative estimate of drug-likeness (QED) is 0.617. The molecule has 0 aromatic rings. The Morgan fingerprint density at radius 3 is 2.77 bits per heavy atom. The predicted octanol–water partition coefficient (Wildman–Crippen LogP) is 1.26. The number of nitrogens with two attached hydrogens (primary N) is 1. The molecule has 1 fully saturated rings. The van der Waals surface area contributed by atoms with Gasteiger partial charge < -0.3 is 11.1 Å². The van der Waals surface area contributed by atoms with E-state index >= 15 is 0 Å². The lowest BCUT2D eigenvalue weighted by Crippen LogP contribution is -2.42. The number of primary amides is 1. The van der Waals surface area contributed by atoms with Crippen LogP contribution in [0, 0.1) is 17.8 Å². The number of rotatable bonds is 2. The summed E-state index contributed by atoms with van der Waals surface area (Å²) in [5.41, 5.74) is 5.09. The van der Waals surface area contributed by atoms with E-state index in [9.17, 15) is 4.79 Å². The minimum absolute atomic E-state index is 0.220. The monoisotopic (exact) mass is 180 g/mol. The highest BCUT2D eigenvalue weighted by Crippen LogP contribution is 2.44. The lowest BCUT2D eigenvalue weighted by molar-refractivity contribution is 0.237. The Bertz CT molecular complexity index is 249. The third-order valence-corrected chi connectivity index (χ3v) is 3.34. The third-order valence-electron chi connectivity index (χ3n) is 3.34. The Labute approximate surface area is 78.4 Å². The van der Waals surface area contributed by atoms with Gasteiger partial charge in [-0.1, -0.05) is 12.2 Å². The van der Waals surface area contributed by atoms with Crippen molar-refractivity contribution >= 4 is 6.03 Å². The fourth-order valence-electron chi connectivity index (χ4n) is 2.73. The van der Waals surface area contributed by atoms with Gasteiger partial charge >= 0.3 is 6.03 Å². The highest BCUT2D eigenvalue weighted by Gasteiger charge is 2.38.